The number of rotatable bonds is 36. The maximum atomic E-state index is 14.4. The van der Waals surface area contributed by atoms with Crippen LogP contribution in [0.15, 0.2) is 84.9 Å². The Morgan fingerprint density at radius 3 is 1.40 bits per heavy atom. The first kappa shape index (κ1) is 66.8. The standard InChI is InChI=1S/C55H76N10O16/c1-4-31(2)47(65-51(76)38(22-24-44(69)70)59-43(68)30-58-48(73)40(62-53(78)46(57)32(3)66)28-35-18-20-36(67)21-19-35)54(79)63-41(27-33-13-7-5-8-14-33)52(77)61-39(23-25-45(71)72)50(75)60-37(17-11-12-26-56)49(74)64-42(55(80)81)29-34-15-9-6-10-16-34/h5-10,13-16,18-21,31-32,37-42,46-47,66-67H,4,11-12,17,22-30,56-57H2,1-3H3,(H,58,73)(H,59,68)(H,60,75)(H,61,77)(H,62,78)(H,63,79)(H,64,74)(H,65,76)(H,69,70)(H,71,72)(H,80,81)/t31-,32+,37-,38-,39-,40-,41-,42-,46-,47-/m0/s1. The molecule has 3 aromatic rings. The summed E-state index contributed by atoms with van der Waals surface area (Å²) in [5.41, 5.74) is 13.0. The topological polar surface area (TPSA) is 437 Å². The molecule has 442 valence electrons. The van der Waals surface area contributed by atoms with Gasteiger partial charge in [-0.15, -0.1) is 0 Å². The average Bonchev–Trinajstić information content (AvgIpc) is 3.43. The number of phenolic OH excluding ortho intramolecular Hbond substituents is 1. The number of amides is 8. The van der Waals surface area contributed by atoms with E-state index < -0.39 is 158 Å². The first-order chi connectivity index (χ1) is 38.4. The number of aliphatic hydroxyl groups is 1. The van der Waals surface area contributed by atoms with E-state index in [1.165, 1.54) is 31.2 Å². The Morgan fingerprint density at radius 1 is 0.494 bits per heavy atom. The molecular weight excluding hydrogens is 1060 g/mol. The number of nitrogens with one attached hydrogen (secondary N) is 8. The summed E-state index contributed by atoms with van der Waals surface area (Å²) in [5.74, 6) is -12.4. The summed E-state index contributed by atoms with van der Waals surface area (Å²) in [5, 5.41) is 68.6. The van der Waals surface area contributed by atoms with Crippen LogP contribution in [0.3, 0.4) is 0 Å². The van der Waals surface area contributed by atoms with Gasteiger partial charge < -0.3 is 79.5 Å². The summed E-state index contributed by atoms with van der Waals surface area (Å²) in [7, 11) is 0. The minimum Gasteiger partial charge on any atom is -0.508 e. The molecule has 26 nitrogen and oxygen atoms in total. The first-order valence-electron chi connectivity index (χ1n) is 26.5. The van der Waals surface area contributed by atoms with E-state index in [0.717, 1.165) is 0 Å². The Balaban J connectivity index is 1.88. The Bertz CT molecular complexity index is 2590. The molecule has 0 spiro atoms. The number of hydrogen-bond donors (Lipinski definition) is 15. The number of aliphatic hydroxyl groups excluding tert-OH is 1. The smallest absolute Gasteiger partial charge is 0.326 e. The minimum absolute atomic E-state index is 0.0225. The normalized spacial score (nSPS) is 14.7. The van der Waals surface area contributed by atoms with Gasteiger partial charge in [-0.05, 0) is 80.3 Å². The van der Waals surface area contributed by atoms with Crippen LogP contribution in [0.2, 0.25) is 0 Å². The van der Waals surface area contributed by atoms with Gasteiger partial charge in [0.1, 0.15) is 54.1 Å². The van der Waals surface area contributed by atoms with Gasteiger partial charge in [-0.2, -0.15) is 0 Å². The maximum absolute atomic E-state index is 14.4. The van der Waals surface area contributed by atoms with E-state index in [9.17, 15) is 78.3 Å². The van der Waals surface area contributed by atoms with Crippen molar-refractivity contribution in [1.29, 1.82) is 0 Å². The van der Waals surface area contributed by atoms with Crippen molar-refractivity contribution in [3.05, 3.63) is 102 Å². The van der Waals surface area contributed by atoms with Crippen molar-refractivity contribution in [2.24, 2.45) is 17.4 Å². The molecule has 81 heavy (non-hydrogen) atoms. The third-order valence-corrected chi connectivity index (χ3v) is 13.0. The van der Waals surface area contributed by atoms with Gasteiger partial charge in [-0.1, -0.05) is 93.1 Å². The van der Waals surface area contributed by atoms with Crippen LogP contribution in [0.25, 0.3) is 0 Å². The molecule has 0 radical (unpaired) electrons. The highest BCUT2D eigenvalue weighted by Crippen LogP contribution is 2.15. The molecule has 8 amide bonds. The highest BCUT2D eigenvalue weighted by Gasteiger charge is 2.36. The van der Waals surface area contributed by atoms with Crippen molar-refractivity contribution in [2.45, 2.75) is 146 Å². The Morgan fingerprint density at radius 2 is 0.914 bits per heavy atom. The number of phenols is 1. The SMILES string of the molecule is CC[C@H](C)[C@H](NC(=O)[C@H](CCC(=O)O)NC(=O)CNC(=O)[C@H](Cc1ccc(O)cc1)NC(=O)[C@@H](N)[C@@H](C)O)C(=O)N[C@@H](Cc1ccccc1)C(=O)N[C@@H](CCC(=O)O)C(=O)N[C@@H](CCCCN)C(=O)N[C@@H](Cc1ccccc1)C(=O)O. The average molecular weight is 1130 g/mol. The van der Waals surface area contributed by atoms with E-state index in [-0.39, 0.29) is 44.4 Å². The second-order valence-corrected chi connectivity index (χ2v) is 19.5. The van der Waals surface area contributed by atoms with E-state index in [1.807, 2.05) is 0 Å². The number of carbonyl (C=O) groups excluding carboxylic acids is 8. The number of unbranched alkanes of at least 4 members (excludes halogenated alkanes) is 1. The van der Waals surface area contributed by atoms with Crippen molar-refractivity contribution in [1.82, 2.24) is 42.5 Å². The molecule has 0 saturated heterocycles. The second-order valence-electron chi connectivity index (χ2n) is 19.5. The fourth-order valence-corrected chi connectivity index (χ4v) is 8.08. The highest BCUT2D eigenvalue weighted by atomic mass is 16.4. The maximum Gasteiger partial charge on any atom is 0.326 e. The van der Waals surface area contributed by atoms with Crippen LogP contribution in [0.5, 0.6) is 5.75 Å². The van der Waals surface area contributed by atoms with Crippen LogP contribution in [0.1, 0.15) is 88.8 Å². The molecule has 0 fully saturated rings. The molecule has 0 aliphatic rings. The largest absolute Gasteiger partial charge is 0.508 e. The third kappa shape index (κ3) is 24.2. The molecule has 10 atom stereocenters. The van der Waals surface area contributed by atoms with Gasteiger partial charge in [0.05, 0.1) is 12.6 Å². The van der Waals surface area contributed by atoms with Crippen LogP contribution in [-0.4, -0.2) is 158 Å². The summed E-state index contributed by atoms with van der Waals surface area (Å²) >= 11 is 0. The summed E-state index contributed by atoms with van der Waals surface area (Å²) in [6.07, 6.45) is -3.14. The molecule has 26 heteroatoms. The lowest BCUT2D eigenvalue weighted by Crippen LogP contribution is -2.61. The van der Waals surface area contributed by atoms with Crippen molar-refractivity contribution in [3.8, 4) is 5.75 Å². The van der Waals surface area contributed by atoms with Crippen molar-refractivity contribution in [2.75, 3.05) is 13.1 Å². The fraction of sp³-hybridized carbons (Fsp3) is 0.473. The fourth-order valence-electron chi connectivity index (χ4n) is 8.08. The molecule has 0 saturated carbocycles. The molecule has 17 N–H and O–H groups in total. The van der Waals surface area contributed by atoms with Gasteiger partial charge in [-0.25, -0.2) is 4.79 Å². The zero-order chi connectivity index (χ0) is 60.2. The molecule has 0 unspecified atom stereocenters. The number of benzene rings is 3. The summed E-state index contributed by atoms with van der Waals surface area (Å²) in [4.78, 5) is 146. The van der Waals surface area contributed by atoms with E-state index in [0.29, 0.717) is 29.5 Å². The monoisotopic (exact) mass is 1130 g/mol. The first-order valence-corrected chi connectivity index (χ1v) is 26.5. The van der Waals surface area contributed by atoms with Crippen molar-refractivity contribution < 1.29 is 78.3 Å². The predicted molar refractivity (Wildman–Crippen MR) is 292 cm³/mol. The molecule has 0 heterocycles. The number of aliphatic carboxylic acids is 3. The zero-order valence-electron chi connectivity index (χ0n) is 45.4. The van der Waals surface area contributed by atoms with Crippen LogP contribution in [0.4, 0.5) is 0 Å². The van der Waals surface area contributed by atoms with E-state index >= 15 is 0 Å². The van der Waals surface area contributed by atoms with E-state index in [4.69, 9.17) is 11.5 Å². The molecule has 0 bridgehead atoms. The lowest BCUT2D eigenvalue weighted by molar-refractivity contribution is -0.142. The van der Waals surface area contributed by atoms with Crippen LogP contribution < -0.4 is 54.0 Å². The quantitative estimate of drug-likeness (QED) is 0.0299. The van der Waals surface area contributed by atoms with Gasteiger partial charge in [-0.3, -0.25) is 47.9 Å². The number of carbonyl (C=O) groups is 11. The number of hydrogen-bond acceptors (Lipinski definition) is 15. The number of carboxylic acids is 3. The Kier molecular flexibility index (Phi) is 28.4. The number of carboxylic acid groups (broad SMARTS) is 3. The minimum atomic E-state index is -1.64. The van der Waals surface area contributed by atoms with Gasteiger partial charge in [0.2, 0.25) is 47.3 Å². The third-order valence-electron chi connectivity index (χ3n) is 13.0. The molecule has 0 aliphatic carbocycles. The van der Waals surface area contributed by atoms with Crippen LogP contribution in [-0.2, 0) is 72.0 Å². The van der Waals surface area contributed by atoms with Crippen molar-refractivity contribution in [3.63, 3.8) is 0 Å². The molecular formula is C55H76N10O16. The molecule has 0 aromatic heterocycles. The molecule has 3 rings (SSSR count). The predicted octanol–water partition coefficient (Wildman–Crippen LogP) is -1.37. The zero-order valence-corrected chi connectivity index (χ0v) is 45.4. The number of nitrogens with two attached hydrogens (primary N) is 2. The molecule has 0 aliphatic heterocycles. The second kappa shape index (κ2) is 34.5. The van der Waals surface area contributed by atoms with Gasteiger partial charge >= 0.3 is 17.9 Å². The highest BCUT2D eigenvalue weighted by molar-refractivity contribution is 5.98. The van der Waals surface area contributed by atoms with Gasteiger partial charge in [0.25, 0.3) is 0 Å². The van der Waals surface area contributed by atoms with Gasteiger partial charge in [0.15, 0.2) is 0 Å². The summed E-state index contributed by atoms with van der Waals surface area (Å²) in [6, 6.07) is 10.6. The summed E-state index contributed by atoms with van der Waals surface area (Å²) < 4.78 is 0. The lowest BCUT2D eigenvalue weighted by Gasteiger charge is -2.29. The Hall–Kier alpha value is -8.49. The van der Waals surface area contributed by atoms with Crippen LogP contribution in [0, 0.1) is 5.92 Å². The van der Waals surface area contributed by atoms with E-state index in [2.05, 4.69) is 42.5 Å². The summed E-state index contributed by atoms with van der Waals surface area (Å²) in [6.45, 7) is 3.96. The Labute approximate surface area is 468 Å². The van der Waals surface area contributed by atoms with Gasteiger partial charge in [0, 0.05) is 32.1 Å². The lowest BCUT2D eigenvalue weighted by atomic mass is 9.96. The number of aromatic hydroxyl groups is 1. The van der Waals surface area contributed by atoms with Crippen molar-refractivity contribution >= 4 is 65.2 Å². The van der Waals surface area contributed by atoms with E-state index in [1.54, 1.807) is 74.5 Å². The van der Waals surface area contributed by atoms with Crippen LogP contribution >= 0.6 is 0 Å². The molecule has 3 aromatic carbocycles.